The number of rotatable bonds is 4. The molecular weight excluding hydrogens is 311 g/mol. The fourth-order valence-corrected chi connectivity index (χ4v) is 2.74. The lowest BCUT2D eigenvalue weighted by atomic mass is 10.0. The first-order chi connectivity index (χ1) is 9.52. The van der Waals surface area contributed by atoms with Gasteiger partial charge in [-0.15, -0.1) is 12.4 Å². The van der Waals surface area contributed by atoms with Gasteiger partial charge in [0.25, 0.3) is 5.91 Å². The number of nitrogens with zero attached hydrogens (tertiary/aromatic N) is 2. The maximum atomic E-state index is 12.3. The Morgan fingerprint density at radius 2 is 2.24 bits per heavy atom. The quantitative estimate of drug-likeness (QED) is 0.887. The topological polar surface area (TPSA) is 80.9 Å². The minimum Gasteiger partial charge on any atom is -0.348 e. The summed E-state index contributed by atoms with van der Waals surface area (Å²) < 4.78 is 0. The SMILES string of the molecule is CC(C)c1ncc(Cl)c(C(=O)NC2CCCC2CN)n1.Cl. The maximum Gasteiger partial charge on any atom is 0.271 e. The van der Waals surface area contributed by atoms with Gasteiger partial charge in [0.05, 0.1) is 11.2 Å². The number of halogens is 2. The van der Waals surface area contributed by atoms with Gasteiger partial charge in [-0.25, -0.2) is 9.97 Å². The molecule has 1 fully saturated rings. The molecule has 1 aromatic heterocycles. The van der Waals surface area contributed by atoms with Crippen molar-refractivity contribution in [1.82, 2.24) is 15.3 Å². The summed E-state index contributed by atoms with van der Waals surface area (Å²) in [6.07, 6.45) is 4.62. The molecule has 1 aliphatic carbocycles. The van der Waals surface area contributed by atoms with Crippen LogP contribution in [0.2, 0.25) is 5.02 Å². The number of carbonyl (C=O) groups excluding carboxylic acids is 1. The summed E-state index contributed by atoms with van der Waals surface area (Å²) >= 11 is 6.04. The lowest BCUT2D eigenvalue weighted by molar-refractivity contribution is 0.0923. The highest BCUT2D eigenvalue weighted by Gasteiger charge is 2.28. The Hall–Kier alpha value is -0.910. The highest BCUT2D eigenvalue weighted by atomic mass is 35.5. The van der Waals surface area contributed by atoms with Gasteiger partial charge in [0.1, 0.15) is 11.5 Å². The van der Waals surface area contributed by atoms with Crippen LogP contribution in [0.25, 0.3) is 0 Å². The summed E-state index contributed by atoms with van der Waals surface area (Å²) in [6.45, 7) is 4.55. The van der Waals surface area contributed by atoms with Crippen LogP contribution in [0, 0.1) is 5.92 Å². The van der Waals surface area contributed by atoms with Crippen molar-refractivity contribution in [3.63, 3.8) is 0 Å². The van der Waals surface area contributed by atoms with Crippen molar-refractivity contribution in [3.05, 3.63) is 22.7 Å². The van der Waals surface area contributed by atoms with Gasteiger partial charge >= 0.3 is 0 Å². The standard InChI is InChI=1S/C14H21ClN4O.ClH/c1-8(2)13-17-7-10(15)12(19-13)14(20)18-11-5-3-4-9(11)6-16;/h7-9,11H,3-6,16H2,1-2H3,(H,18,20);1H. The van der Waals surface area contributed by atoms with Crippen molar-refractivity contribution >= 4 is 29.9 Å². The van der Waals surface area contributed by atoms with E-state index in [4.69, 9.17) is 17.3 Å². The molecule has 0 saturated heterocycles. The molecule has 1 aliphatic rings. The second kappa shape index (κ2) is 7.92. The van der Waals surface area contributed by atoms with Crippen LogP contribution in [0.1, 0.15) is 55.3 Å². The first kappa shape index (κ1) is 18.1. The second-order valence-corrected chi connectivity index (χ2v) is 5.99. The molecule has 0 aliphatic heterocycles. The van der Waals surface area contributed by atoms with Crippen LogP contribution >= 0.6 is 24.0 Å². The Balaban J connectivity index is 0.00000220. The summed E-state index contributed by atoms with van der Waals surface area (Å²) in [5, 5.41) is 3.30. The highest BCUT2D eigenvalue weighted by Crippen LogP contribution is 2.25. The molecule has 2 atom stereocenters. The molecule has 0 spiro atoms. The first-order valence-electron chi connectivity index (χ1n) is 7.06. The van der Waals surface area contributed by atoms with Crippen molar-refractivity contribution < 1.29 is 4.79 Å². The second-order valence-electron chi connectivity index (χ2n) is 5.59. The Bertz CT molecular complexity index is 496. The molecule has 7 heteroatoms. The lowest BCUT2D eigenvalue weighted by Crippen LogP contribution is -2.40. The van der Waals surface area contributed by atoms with E-state index in [1.807, 2.05) is 13.8 Å². The monoisotopic (exact) mass is 332 g/mol. The van der Waals surface area contributed by atoms with Crippen LogP contribution < -0.4 is 11.1 Å². The van der Waals surface area contributed by atoms with Gasteiger partial charge in [-0.2, -0.15) is 0 Å². The molecule has 0 bridgehead atoms. The van der Waals surface area contributed by atoms with Gasteiger partial charge < -0.3 is 11.1 Å². The Morgan fingerprint density at radius 1 is 1.52 bits per heavy atom. The number of nitrogens with one attached hydrogen (secondary N) is 1. The minimum atomic E-state index is -0.232. The molecule has 1 saturated carbocycles. The average molecular weight is 333 g/mol. The molecule has 5 nitrogen and oxygen atoms in total. The van der Waals surface area contributed by atoms with Gasteiger partial charge in [-0.05, 0) is 25.3 Å². The fraction of sp³-hybridized carbons (Fsp3) is 0.643. The van der Waals surface area contributed by atoms with E-state index in [0.717, 1.165) is 19.3 Å². The maximum absolute atomic E-state index is 12.3. The molecule has 2 unspecified atom stereocenters. The van der Waals surface area contributed by atoms with E-state index in [0.29, 0.717) is 18.3 Å². The van der Waals surface area contributed by atoms with E-state index in [9.17, 15) is 4.79 Å². The summed E-state index contributed by atoms with van der Waals surface area (Å²) in [6, 6.07) is 0.126. The van der Waals surface area contributed by atoms with E-state index in [1.165, 1.54) is 6.20 Å². The van der Waals surface area contributed by atoms with Gasteiger partial charge in [0, 0.05) is 12.0 Å². The molecular formula is C14H22Cl2N4O. The molecule has 0 radical (unpaired) electrons. The summed E-state index contributed by atoms with van der Waals surface area (Å²) in [4.78, 5) is 20.8. The lowest BCUT2D eigenvalue weighted by Gasteiger charge is -2.19. The third-order valence-electron chi connectivity index (χ3n) is 3.77. The smallest absolute Gasteiger partial charge is 0.271 e. The Kier molecular flexibility index (Phi) is 6.84. The van der Waals surface area contributed by atoms with E-state index < -0.39 is 0 Å². The first-order valence-corrected chi connectivity index (χ1v) is 7.44. The molecule has 1 aromatic rings. The van der Waals surface area contributed by atoms with E-state index in [1.54, 1.807) is 0 Å². The molecule has 2 rings (SSSR count). The molecule has 1 amide bonds. The number of hydrogen-bond donors (Lipinski definition) is 2. The van der Waals surface area contributed by atoms with Crippen molar-refractivity contribution in [2.75, 3.05) is 6.54 Å². The number of nitrogens with two attached hydrogens (primary N) is 1. The van der Waals surface area contributed by atoms with E-state index in [2.05, 4.69) is 15.3 Å². The van der Waals surface area contributed by atoms with Gasteiger partial charge in [-0.1, -0.05) is 31.9 Å². The average Bonchev–Trinajstić information content (AvgIpc) is 2.86. The predicted octanol–water partition coefficient (Wildman–Crippen LogP) is 2.53. The Morgan fingerprint density at radius 3 is 2.86 bits per heavy atom. The highest BCUT2D eigenvalue weighted by molar-refractivity contribution is 6.33. The third kappa shape index (κ3) is 4.28. The molecule has 118 valence electrons. The number of aromatic nitrogens is 2. The zero-order chi connectivity index (χ0) is 14.7. The molecule has 1 heterocycles. The van der Waals surface area contributed by atoms with Crippen molar-refractivity contribution in [2.45, 2.75) is 45.1 Å². The van der Waals surface area contributed by atoms with Crippen LogP contribution in [0.3, 0.4) is 0 Å². The van der Waals surface area contributed by atoms with Crippen LogP contribution in [0.15, 0.2) is 6.20 Å². The molecule has 0 aromatic carbocycles. The summed E-state index contributed by atoms with van der Waals surface area (Å²) in [7, 11) is 0. The Labute approximate surface area is 136 Å². The largest absolute Gasteiger partial charge is 0.348 e. The predicted molar refractivity (Wildman–Crippen MR) is 86.0 cm³/mol. The van der Waals surface area contributed by atoms with Crippen LogP contribution in [0.4, 0.5) is 0 Å². The van der Waals surface area contributed by atoms with Gasteiger partial charge in [0.15, 0.2) is 0 Å². The van der Waals surface area contributed by atoms with Crippen LogP contribution in [-0.2, 0) is 0 Å². The zero-order valence-electron chi connectivity index (χ0n) is 12.3. The fourth-order valence-electron chi connectivity index (χ4n) is 2.56. The van der Waals surface area contributed by atoms with Gasteiger partial charge in [0.2, 0.25) is 0 Å². The van der Waals surface area contributed by atoms with E-state index >= 15 is 0 Å². The van der Waals surface area contributed by atoms with Crippen molar-refractivity contribution in [1.29, 1.82) is 0 Å². The van der Waals surface area contributed by atoms with Crippen molar-refractivity contribution in [3.8, 4) is 0 Å². The summed E-state index contributed by atoms with van der Waals surface area (Å²) in [5.74, 6) is 0.900. The number of carbonyl (C=O) groups is 1. The number of amides is 1. The molecule has 3 N–H and O–H groups in total. The van der Waals surface area contributed by atoms with E-state index in [-0.39, 0.29) is 41.0 Å². The third-order valence-corrected chi connectivity index (χ3v) is 4.05. The molecule has 21 heavy (non-hydrogen) atoms. The summed E-state index contributed by atoms with van der Waals surface area (Å²) in [5.41, 5.74) is 5.99. The number of hydrogen-bond acceptors (Lipinski definition) is 4. The van der Waals surface area contributed by atoms with Crippen molar-refractivity contribution in [2.24, 2.45) is 11.7 Å². The van der Waals surface area contributed by atoms with Crippen LogP contribution in [-0.4, -0.2) is 28.5 Å². The van der Waals surface area contributed by atoms with Crippen LogP contribution in [0.5, 0.6) is 0 Å². The minimum absolute atomic E-state index is 0. The van der Waals surface area contributed by atoms with Gasteiger partial charge in [-0.3, -0.25) is 4.79 Å². The zero-order valence-corrected chi connectivity index (χ0v) is 13.9. The normalized spacial score (nSPS) is 21.2.